The maximum atomic E-state index is 13.4. The van der Waals surface area contributed by atoms with Gasteiger partial charge in [0.15, 0.2) is 0 Å². The molecule has 0 amide bonds. The smallest absolute Gasteiger partial charge is 0.359 e. The van der Waals surface area contributed by atoms with Crippen LogP contribution in [0.4, 0.5) is 13.2 Å². The van der Waals surface area contributed by atoms with Gasteiger partial charge in [0.1, 0.15) is 4.87 Å². The Labute approximate surface area is 192 Å². The number of piperidine rings is 1. The number of nitrogens with one attached hydrogen (secondary N) is 1. The summed E-state index contributed by atoms with van der Waals surface area (Å²) < 4.78 is 40.1. The fraction of sp³-hybridized carbons (Fsp3) is 0.409. The van der Waals surface area contributed by atoms with Crippen LogP contribution in [0.25, 0.3) is 0 Å². The number of benzene rings is 1. The van der Waals surface area contributed by atoms with Gasteiger partial charge in [0, 0.05) is 29.6 Å². The molecule has 0 radical (unpaired) electrons. The molecule has 3 nitrogen and oxygen atoms in total. The lowest BCUT2D eigenvalue weighted by Crippen LogP contribution is -2.53. The molecule has 0 bridgehead atoms. The molecule has 0 spiro atoms. The highest BCUT2D eigenvalue weighted by molar-refractivity contribution is 8.06. The standard InChI is InChI=1S/C22H19Cl2F3N2OS/c23-13-4-2-12(3-5-13)21(24)7-6-14-15-10-28-11-16(19(30)22(25,26)27)17(15)29-8-1-9-31-20(21)18(14)29/h1-5,9,16-17,28H,6-8,10-11H2. The quantitative estimate of drug-likeness (QED) is 0.569. The van der Waals surface area contributed by atoms with Crippen molar-refractivity contribution in [1.82, 2.24) is 10.2 Å². The topological polar surface area (TPSA) is 32.3 Å². The molecule has 3 atom stereocenters. The van der Waals surface area contributed by atoms with Crippen LogP contribution in [0.15, 0.2) is 57.5 Å². The normalized spacial score (nSPS) is 30.3. The monoisotopic (exact) mass is 486 g/mol. The van der Waals surface area contributed by atoms with Crippen molar-refractivity contribution in [2.45, 2.75) is 29.9 Å². The number of carbonyl (C=O) groups excluding carboxylic acids is 1. The van der Waals surface area contributed by atoms with Crippen molar-refractivity contribution in [3.8, 4) is 0 Å². The van der Waals surface area contributed by atoms with E-state index in [0.29, 0.717) is 31.0 Å². The third-order valence-corrected chi connectivity index (χ3v) is 8.58. The number of Topliss-reactive ketones (excluding diaryl/α,β-unsaturated/α-hetero) is 1. The number of halogens is 5. The molecule has 31 heavy (non-hydrogen) atoms. The van der Waals surface area contributed by atoms with Crippen LogP contribution in [0.3, 0.4) is 0 Å². The number of hydrogen-bond acceptors (Lipinski definition) is 4. The second-order valence-corrected chi connectivity index (χ2v) is 10.2. The Kier molecular flexibility index (Phi) is 5.24. The van der Waals surface area contributed by atoms with Gasteiger partial charge < -0.3 is 10.2 Å². The molecule has 3 unspecified atom stereocenters. The number of rotatable bonds is 2. The minimum atomic E-state index is -4.86. The third kappa shape index (κ3) is 3.36. The van der Waals surface area contributed by atoms with Gasteiger partial charge in [0.2, 0.25) is 5.78 Å². The SMILES string of the molecule is O=C(C1CNCC2=C3CCC(Cl)(c4ccc(Cl)cc4)C4=C3N(CC=CS4)C21)C(F)(F)F. The van der Waals surface area contributed by atoms with Crippen molar-refractivity contribution in [2.75, 3.05) is 19.6 Å². The summed E-state index contributed by atoms with van der Waals surface area (Å²) in [6, 6.07) is 6.81. The van der Waals surface area contributed by atoms with E-state index in [2.05, 4.69) is 5.32 Å². The maximum Gasteiger partial charge on any atom is 0.450 e. The first-order valence-electron chi connectivity index (χ1n) is 10.0. The lowest BCUT2D eigenvalue weighted by atomic mass is 9.81. The molecule has 1 aromatic rings. The Morgan fingerprint density at radius 1 is 1.26 bits per heavy atom. The number of nitrogens with zero attached hydrogens (tertiary/aromatic N) is 1. The van der Waals surface area contributed by atoms with E-state index in [1.54, 1.807) is 12.1 Å². The van der Waals surface area contributed by atoms with Crippen molar-refractivity contribution in [2.24, 2.45) is 5.92 Å². The van der Waals surface area contributed by atoms with Crippen molar-refractivity contribution in [1.29, 1.82) is 0 Å². The molecular weight excluding hydrogens is 468 g/mol. The Hall–Kier alpha value is -1.41. The summed E-state index contributed by atoms with van der Waals surface area (Å²) in [6.07, 6.45) is -1.67. The number of fused-ring (bicyclic) bond motifs is 2. The zero-order chi connectivity index (χ0) is 22.0. The van der Waals surface area contributed by atoms with E-state index in [-0.39, 0.29) is 6.54 Å². The lowest BCUT2D eigenvalue weighted by molar-refractivity contribution is -0.177. The minimum absolute atomic E-state index is 0.0129. The zero-order valence-electron chi connectivity index (χ0n) is 16.3. The Morgan fingerprint density at radius 2 is 2.00 bits per heavy atom. The summed E-state index contributed by atoms with van der Waals surface area (Å²) >= 11 is 14.8. The van der Waals surface area contributed by atoms with Crippen molar-refractivity contribution >= 4 is 40.7 Å². The molecule has 9 heteroatoms. The maximum absolute atomic E-state index is 13.4. The summed E-state index contributed by atoms with van der Waals surface area (Å²) in [5, 5.41) is 5.60. The summed E-state index contributed by atoms with van der Waals surface area (Å²) in [6.45, 7) is 0.942. The van der Waals surface area contributed by atoms with Crippen molar-refractivity contribution in [3.63, 3.8) is 0 Å². The third-order valence-electron chi connectivity index (χ3n) is 6.51. The summed E-state index contributed by atoms with van der Waals surface area (Å²) in [5.41, 5.74) is 3.74. The van der Waals surface area contributed by atoms with E-state index in [1.807, 2.05) is 28.5 Å². The fourth-order valence-corrected chi connectivity index (χ4v) is 6.83. The predicted molar refractivity (Wildman–Crippen MR) is 117 cm³/mol. The first kappa shape index (κ1) is 21.4. The molecule has 1 aliphatic carbocycles. The van der Waals surface area contributed by atoms with Gasteiger partial charge in [-0.15, -0.1) is 11.6 Å². The highest BCUT2D eigenvalue weighted by atomic mass is 35.5. The van der Waals surface area contributed by atoms with Crippen LogP contribution in [0.2, 0.25) is 5.02 Å². The van der Waals surface area contributed by atoms with E-state index in [4.69, 9.17) is 23.2 Å². The molecule has 1 aromatic carbocycles. The van der Waals surface area contributed by atoms with Crippen LogP contribution in [-0.4, -0.2) is 42.5 Å². The van der Waals surface area contributed by atoms with E-state index in [9.17, 15) is 18.0 Å². The van der Waals surface area contributed by atoms with Crippen LogP contribution < -0.4 is 5.32 Å². The number of hydrogen-bond donors (Lipinski definition) is 1. The second kappa shape index (κ2) is 7.58. The number of allylic oxidation sites excluding steroid dienone is 2. The summed E-state index contributed by atoms with van der Waals surface area (Å²) in [4.78, 5) is 14.4. The van der Waals surface area contributed by atoms with E-state index < -0.39 is 28.8 Å². The molecular formula is C22H19Cl2F3N2OS. The highest BCUT2D eigenvalue weighted by Crippen LogP contribution is 2.58. The number of ketones is 1. The molecule has 5 rings (SSSR count). The molecule has 0 aromatic heterocycles. The van der Waals surface area contributed by atoms with Crippen LogP contribution >= 0.6 is 35.0 Å². The fourth-order valence-electron chi connectivity index (χ4n) is 5.18. The Balaban J connectivity index is 1.65. The first-order valence-corrected chi connectivity index (χ1v) is 11.7. The largest absolute Gasteiger partial charge is 0.450 e. The molecule has 3 heterocycles. The van der Waals surface area contributed by atoms with Crippen LogP contribution in [-0.2, 0) is 9.67 Å². The van der Waals surface area contributed by atoms with Crippen molar-refractivity contribution < 1.29 is 18.0 Å². The molecule has 4 aliphatic rings. The zero-order valence-corrected chi connectivity index (χ0v) is 18.6. The number of thioether (sulfide) groups is 1. The highest BCUT2D eigenvalue weighted by Gasteiger charge is 2.55. The average molecular weight is 487 g/mol. The van der Waals surface area contributed by atoms with Gasteiger partial charge in [0.05, 0.1) is 17.7 Å². The van der Waals surface area contributed by atoms with Gasteiger partial charge in [-0.05, 0) is 47.1 Å². The second-order valence-electron chi connectivity index (χ2n) is 8.18. The number of carbonyl (C=O) groups is 1. The van der Waals surface area contributed by atoms with E-state index in [1.165, 1.54) is 11.8 Å². The van der Waals surface area contributed by atoms with Gasteiger partial charge >= 0.3 is 6.18 Å². The lowest BCUT2D eigenvalue weighted by Gasteiger charge is -2.40. The molecule has 1 fully saturated rings. The van der Waals surface area contributed by atoms with Gasteiger partial charge in [-0.25, -0.2) is 0 Å². The van der Waals surface area contributed by atoms with Crippen molar-refractivity contribution in [3.05, 3.63) is 68.1 Å². The number of alkyl halides is 4. The predicted octanol–water partition coefficient (Wildman–Crippen LogP) is 5.37. The molecule has 1 saturated heterocycles. The Morgan fingerprint density at radius 3 is 2.71 bits per heavy atom. The van der Waals surface area contributed by atoms with Crippen LogP contribution in [0.1, 0.15) is 18.4 Å². The Bertz CT molecular complexity index is 1030. The van der Waals surface area contributed by atoms with E-state index in [0.717, 1.165) is 27.3 Å². The molecule has 164 valence electrons. The minimum Gasteiger partial charge on any atom is -0.359 e. The van der Waals surface area contributed by atoms with Crippen LogP contribution in [0.5, 0.6) is 0 Å². The average Bonchev–Trinajstić information content (AvgIpc) is 2.89. The summed E-state index contributed by atoms with van der Waals surface area (Å²) in [5.74, 6) is -2.84. The van der Waals surface area contributed by atoms with Gasteiger partial charge in [-0.1, -0.05) is 41.6 Å². The first-order chi connectivity index (χ1) is 14.7. The molecule has 3 aliphatic heterocycles. The van der Waals surface area contributed by atoms with Gasteiger partial charge in [-0.2, -0.15) is 13.2 Å². The van der Waals surface area contributed by atoms with Gasteiger partial charge in [-0.3, -0.25) is 4.79 Å². The van der Waals surface area contributed by atoms with Crippen LogP contribution in [0, 0.1) is 5.92 Å². The van der Waals surface area contributed by atoms with Gasteiger partial charge in [0.25, 0.3) is 0 Å². The molecule has 1 N–H and O–H groups in total. The summed E-state index contributed by atoms with van der Waals surface area (Å²) in [7, 11) is 0. The molecule has 0 saturated carbocycles. The van der Waals surface area contributed by atoms with E-state index >= 15 is 0 Å².